The molecule has 8 fully saturated rings. The van der Waals surface area contributed by atoms with Crippen molar-refractivity contribution in [2.45, 2.75) is 272 Å². The van der Waals surface area contributed by atoms with Gasteiger partial charge in [-0.05, 0) is 97.1 Å². The lowest BCUT2D eigenvalue weighted by Gasteiger charge is -2.66. The molecule has 4 aliphatic carbocycles. The number of benzene rings is 1. The largest absolute Gasteiger partial charge is 0.458 e. The Kier molecular flexibility index (Phi) is 19.6. The lowest BCUT2D eigenvalue weighted by molar-refractivity contribution is -0.358. The van der Waals surface area contributed by atoms with Gasteiger partial charge in [-0.3, -0.25) is 4.79 Å². The SMILES string of the molecule is COC1CC(OC2C(C)OC(OC3CCC4(C)C(=CCC5(O)C4CC(OC(=O)c4ccccc4)C4(C)C(C(C)=O)CCC54O)C3)CC2OC)OC(C)C1OC1CC(O)C(OC2CC(OC)C(OC3OC(CO)C(O)C(O)C3O)C(C)O2)C(C)O1. The zero-order valence-electron chi connectivity index (χ0n) is 50.0. The maximum absolute atomic E-state index is 13.7. The van der Waals surface area contributed by atoms with Gasteiger partial charge in [-0.2, -0.15) is 0 Å². The highest BCUT2D eigenvalue weighted by molar-refractivity contribution is 5.89. The molecule has 3 saturated carbocycles. The lowest BCUT2D eigenvalue weighted by atomic mass is 9.43. The van der Waals surface area contributed by atoms with Gasteiger partial charge in [0.2, 0.25) is 0 Å². The summed E-state index contributed by atoms with van der Waals surface area (Å²) in [6.07, 6.45) is -13.2. The quantitative estimate of drug-likeness (QED) is 0.0871. The van der Waals surface area contributed by atoms with Crippen LogP contribution in [0.1, 0.15) is 129 Å². The van der Waals surface area contributed by atoms with E-state index in [0.717, 1.165) is 5.57 Å². The average Bonchev–Trinajstić information content (AvgIpc) is 1.31. The summed E-state index contributed by atoms with van der Waals surface area (Å²) in [7, 11) is 4.71. The fourth-order valence-electron chi connectivity index (χ4n) is 16.2. The van der Waals surface area contributed by atoms with Crippen molar-refractivity contribution in [3.8, 4) is 0 Å². The Hall–Kier alpha value is -2.70. The molecular formula is C61H92O23. The Morgan fingerprint density at radius 1 is 0.631 bits per heavy atom. The fourth-order valence-corrected chi connectivity index (χ4v) is 16.2. The molecule has 5 saturated heterocycles. The topological polar surface area (TPSA) is 305 Å². The molecule has 9 aliphatic rings. The molecule has 0 radical (unpaired) electrons. The van der Waals surface area contributed by atoms with Gasteiger partial charge in [0.15, 0.2) is 31.5 Å². The predicted molar refractivity (Wildman–Crippen MR) is 292 cm³/mol. The summed E-state index contributed by atoms with van der Waals surface area (Å²) >= 11 is 0. The molecule has 0 aromatic heterocycles. The number of ether oxygens (including phenoxy) is 14. The second-order valence-corrected chi connectivity index (χ2v) is 25.7. The highest BCUT2D eigenvalue weighted by atomic mass is 16.8. The van der Waals surface area contributed by atoms with Crippen LogP contribution in [0.3, 0.4) is 0 Å². The summed E-state index contributed by atoms with van der Waals surface area (Å²) in [6.45, 7) is 12.2. The normalized spacial score (nSPS) is 49.6. The molecule has 5 aliphatic heterocycles. The zero-order chi connectivity index (χ0) is 60.4. The Morgan fingerprint density at radius 3 is 1.69 bits per heavy atom. The van der Waals surface area contributed by atoms with Crippen molar-refractivity contribution in [3.05, 3.63) is 47.5 Å². The van der Waals surface area contributed by atoms with Crippen LogP contribution in [0.4, 0.5) is 0 Å². The van der Waals surface area contributed by atoms with Crippen LogP contribution in [-0.4, -0.2) is 228 Å². The number of aliphatic hydroxyl groups is 7. The summed E-state index contributed by atoms with van der Waals surface area (Å²) < 4.78 is 87.6. The number of hydrogen-bond acceptors (Lipinski definition) is 23. The van der Waals surface area contributed by atoms with E-state index in [-0.39, 0.29) is 44.0 Å². The minimum Gasteiger partial charge on any atom is -0.458 e. The van der Waals surface area contributed by atoms with E-state index in [0.29, 0.717) is 44.1 Å². The molecule has 1 aromatic carbocycles. The van der Waals surface area contributed by atoms with Crippen molar-refractivity contribution < 1.29 is 112 Å². The molecule has 29 unspecified atom stereocenters. The maximum atomic E-state index is 13.7. The van der Waals surface area contributed by atoms with Crippen LogP contribution in [0.25, 0.3) is 0 Å². The van der Waals surface area contributed by atoms with Crippen molar-refractivity contribution in [1.82, 2.24) is 0 Å². The summed E-state index contributed by atoms with van der Waals surface area (Å²) in [4.78, 5) is 27.0. The number of aliphatic hydroxyl groups excluding tert-OH is 5. The van der Waals surface area contributed by atoms with E-state index in [9.17, 15) is 45.3 Å². The second kappa shape index (κ2) is 25.7. The molecule has 474 valence electrons. The Labute approximate surface area is 491 Å². The number of ketones is 1. The van der Waals surface area contributed by atoms with Gasteiger partial charge in [0.1, 0.15) is 71.9 Å². The Bertz CT molecular complexity index is 2420. The number of carbonyl (C=O) groups is 2. The molecule has 1 aromatic rings. The fraction of sp³-hybridized carbons (Fsp3) is 0.836. The van der Waals surface area contributed by atoms with E-state index in [1.807, 2.05) is 26.8 Å². The van der Waals surface area contributed by atoms with Gasteiger partial charge in [-0.25, -0.2) is 4.79 Å². The van der Waals surface area contributed by atoms with Crippen LogP contribution in [0.5, 0.6) is 0 Å². The molecule has 23 nitrogen and oxygen atoms in total. The molecule has 23 heteroatoms. The van der Waals surface area contributed by atoms with Gasteiger partial charge >= 0.3 is 5.97 Å². The number of esters is 1. The van der Waals surface area contributed by atoms with Gasteiger partial charge in [-0.15, -0.1) is 0 Å². The van der Waals surface area contributed by atoms with Crippen LogP contribution in [0, 0.1) is 22.7 Å². The van der Waals surface area contributed by atoms with E-state index < -0.39 is 182 Å². The van der Waals surface area contributed by atoms with Crippen molar-refractivity contribution >= 4 is 11.8 Å². The van der Waals surface area contributed by atoms with Gasteiger partial charge in [0.25, 0.3) is 0 Å². The molecule has 0 spiro atoms. The first kappa shape index (κ1) is 64.3. The third-order valence-corrected chi connectivity index (χ3v) is 21.0. The minimum absolute atomic E-state index is 0.0622. The van der Waals surface area contributed by atoms with Gasteiger partial charge in [0, 0.05) is 64.3 Å². The van der Waals surface area contributed by atoms with E-state index in [1.165, 1.54) is 14.0 Å². The molecule has 10 rings (SSSR count). The third-order valence-electron chi connectivity index (χ3n) is 21.0. The highest BCUT2D eigenvalue weighted by Crippen LogP contribution is 2.70. The van der Waals surface area contributed by atoms with E-state index in [1.54, 1.807) is 52.3 Å². The lowest BCUT2D eigenvalue weighted by Crippen LogP contribution is -2.75. The first-order chi connectivity index (χ1) is 39.9. The zero-order valence-corrected chi connectivity index (χ0v) is 50.0. The van der Waals surface area contributed by atoms with Gasteiger partial charge in [-0.1, -0.05) is 43.7 Å². The minimum atomic E-state index is -1.70. The van der Waals surface area contributed by atoms with Crippen LogP contribution < -0.4 is 0 Å². The molecule has 84 heavy (non-hydrogen) atoms. The molecular weight excluding hydrogens is 1100 g/mol. The number of methoxy groups -OCH3 is 3. The van der Waals surface area contributed by atoms with Crippen molar-refractivity contribution in [1.29, 1.82) is 0 Å². The smallest absolute Gasteiger partial charge is 0.338 e. The number of Topliss-reactive ketones (excluding diaryl/α,β-unsaturated/α-hetero) is 1. The van der Waals surface area contributed by atoms with Crippen LogP contribution in [-0.2, 0) is 71.1 Å². The predicted octanol–water partition coefficient (Wildman–Crippen LogP) is 2.89. The molecule has 0 bridgehead atoms. The van der Waals surface area contributed by atoms with Crippen molar-refractivity contribution in [2.24, 2.45) is 22.7 Å². The first-order valence-corrected chi connectivity index (χ1v) is 30.3. The van der Waals surface area contributed by atoms with Crippen molar-refractivity contribution in [3.63, 3.8) is 0 Å². The summed E-state index contributed by atoms with van der Waals surface area (Å²) in [5.41, 5.74) is -3.55. The Morgan fingerprint density at radius 2 is 1.15 bits per heavy atom. The standard InChI is InChI=1S/C61H92O23/c1-29(63)37-18-21-61(70)59(37,7)44(80-56(68)34-14-12-11-13-15-34)27-43-58(6)19-17-36(22-35(58)16-20-60(43,61)69)78-46-24-39(71-8)54(31(3)75-46)83-48-25-40(72-9)53(32(4)76-48)82-45-23-38(64)52(30(2)74-45)81-47-26-41(73-10)55(33(5)77-47)84-57-51(67)50(66)49(65)42(28-62)79-57/h11-16,30-33,36-55,57,62,64-67,69-70H,17-28H2,1-10H3. The van der Waals surface area contributed by atoms with Gasteiger partial charge in [0.05, 0.1) is 67.1 Å². The monoisotopic (exact) mass is 1190 g/mol. The third kappa shape index (κ3) is 11.8. The number of rotatable bonds is 17. The van der Waals surface area contributed by atoms with Crippen LogP contribution in [0.15, 0.2) is 42.0 Å². The Balaban J connectivity index is 0.712. The van der Waals surface area contributed by atoms with Gasteiger partial charge < -0.3 is 102 Å². The summed E-state index contributed by atoms with van der Waals surface area (Å²) in [5, 5.41) is 78.2. The summed E-state index contributed by atoms with van der Waals surface area (Å²) in [5.74, 6) is -1.70. The molecule has 7 N–H and O–H groups in total. The van der Waals surface area contributed by atoms with E-state index >= 15 is 0 Å². The number of carbonyl (C=O) groups excluding carboxylic acids is 2. The van der Waals surface area contributed by atoms with Crippen molar-refractivity contribution in [2.75, 3.05) is 27.9 Å². The number of hydrogen-bond donors (Lipinski definition) is 7. The molecule has 29 atom stereocenters. The molecule has 0 amide bonds. The summed E-state index contributed by atoms with van der Waals surface area (Å²) in [6, 6.07) is 8.73. The van der Waals surface area contributed by atoms with E-state index in [2.05, 4.69) is 13.0 Å². The maximum Gasteiger partial charge on any atom is 0.338 e. The first-order valence-electron chi connectivity index (χ1n) is 30.3. The van der Waals surface area contributed by atoms with Crippen LogP contribution >= 0.6 is 0 Å². The highest BCUT2D eigenvalue weighted by Gasteiger charge is 2.77. The second-order valence-electron chi connectivity index (χ2n) is 25.7. The van der Waals surface area contributed by atoms with E-state index in [4.69, 9.17) is 66.3 Å². The average molecular weight is 1190 g/mol. The molecule has 5 heterocycles. The van der Waals surface area contributed by atoms with Crippen LogP contribution in [0.2, 0.25) is 0 Å². The number of fused-ring (bicyclic) bond motifs is 5.